The van der Waals surface area contributed by atoms with E-state index in [0.29, 0.717) is 12.3 Å². The van der Waals surface area contributed by atoms with Gasteiger partial charge in [0.1, 0.15) is 6.04 Å². The van der Waals surface area contributed by atoms with Crippen molar-refractivity contribution in [2.45, 2.75) is 71.4 Å². The third kappa shape index (κ3) is 2.78. The standard InChI is InChI=1S/C18H27NO2/c1-6-8-15(17(20)21)19-16-12(2)9-7-10-14(16)13(3)11-18(19,4)5/h7,9-10,13,15H,6,8,11H2,1-5H3,(H,20,21)/t13-,15+/m1/s1. The number of para-hydroxylation sites is 1. The van der Waals surface area contributed by atoms with Gasteiger partial charge in [0.05, 0.1) is 0 Å². The lowest BCUT2D eigenvalue weighted by atomic mass is 9.78. The second kappa shape index (κ2) is 5.70. The summed E-state index contributed by atoms with van der Waals surface area (Å²) < 4.78 is 0. The molecule has 116 valence electrons. The van der Waals surface area contributed by atoms with Gasteiger partial charge in [-0.15, -0.1) is 0 Å². The molecular weight excluding hydrogens is 262 g/mol. The average Bonchev–Trinajstić information content (AvgIpc) is 2.37. The number of benzene rings is 1. The highest BCUT2D eigenvalue weighted by Gasteiger charge is 2.42. The number of carboxylic acids is 1. The van der Waals surface area contributed by atoms with E-state index in [1.54, 1.807) is 0 Å². The molecule has 0 unspecified atom stereocenters. The van der Waals surface area contributed by atoms with Crippen LogP contribution in [0.1, 0.15) is 64.0 Å². The van der Waals surface area contributed by atoms with Crippen LogP contribution in [0.5, 0.6) is 0 Å². The summed E-state index contributed by atoms with van der Waals surface area (Å²) in [6.07, 6.45) is 2.54. The maximum atomic E-state index is 11.8. The number of rotatable bonds is 4. The fourth-order valence-electron chi connectivity index (χ4n) is 3.88. The van der Waals surface area contributed by atoms with E-state index in [4.69, 9.17) is 0 Å². The molecule has 1 N–H and O–H groups in total. The highest BCUT2D eigenvalue weighted by Crippen LogP contribution is 2.46. The lowest BCUT2D eigenvalue weighted by Crippen LogP contribution is -2.56. The highest BCUT2D eigenvalue weighted by molar-refractivity contribution is 5.81. The zero-order valence-corrected chi connectivity index (χ0v) is 13.8. The van der Waals surface area contributed by atoms with Crippen molar-refractivity contribution in [3.05, 3.63) is 29.3 Å². The van der Waals surface area contributed by atoms with Crippen molar-refractivity contribution in [1.82, 2.24) is 0 Å². The summed E-state index contributed by atoms with van der Waals surface area (Å²) in [4.78, 5) is 14.0. The predicted molar refractivity (Wildman–Crippen MR) is 87.1 cm³/mol. The summed E-state index contributed by atoms with van der Waals surface area (Å²) in [6, 6.07) is 5.87. The van der Waals surface area contributed by atoms with Crippen LogP contribution in [-0.4, -0.2) is 22.7 Å². The molecule has 0 spiro atoms. The lowest BCUT2D eigenvalue weighted by Gasteiger charge is -2.50. The minimum atomic E-state index is -0.714. The zero-order valence-electron chi connectivity index (χ0n) is 13.8. The van der Waals surface area contributed by atoms with Crippen molar-refractivity contribution >= 4 is 11.7 Å². The van der Waals surface area contributed by atoms with Gasteiger partial charge in [0.2, 0.25) is 0 Å². The Morgan fingerprint density at radius 2 is 2.14 bits per heavy atom. The summed E-state index contributed by atoms with van der Waals surface area (Å²) in [5.74, 6) is -0.254. The van der Waals surface area contributed by atoms with Crippen molar-refractivity contribution in [1.29, 1.82) is 0 Å². The molecule has 0 aromatic heterocycles. The molecule has 0 bridgehead atoms. The Morgan fingerprint density at radius 3 is 2.71 bits per heavy atom. The van der Waals surface area contributed by atoms with E-state index < -0.39 is 12.0 Å². The molecule has 1 aliphatic rings. The maximum absolute atomic E-state index is 11.8. The molecule has 0 aliphatic carbocycles. The van der Waals surface area contributed by atoms with Crippen molar-refractivity contribution in [3.63, 3.8) is 0 Å². The fourth-order valence-corrected chi connectivity index (χ4v) is 3.88. The third-order valence-corrected chi connectivity index (χ3v) is 4.66. The number of carbonyl (C=O) groups is 1. The molecule has 21 heavy (non-hydrogen) atoms. The Labute approximate surface area is 128 Å². The van der Waals surface area contributed by atoms with Crippen molar-refractivity contribution in [2.75, 3.05) is 4.90 Å². The third-order valence-electron chi connectivity index (χ3n) is 4.66. The number of hydrogen-bond donors (Lipinski definition) is 1. The summed E-state index contributed by atoms with van der Waals surface area (Å²) in [5.41, 5.74) is 3.46. The molecule has 2 atom stereocenters. The molecule has 1 aliphatic heterocycles. The second-order valence-corrected chi connectivity index (χ2v) is 6.94. The quantitative estimate of drug-likeness (QED) is 0.896. The van der Waals surface area contributed by atoms with Crippen LogP contribution in [0.3, 0.4) is 0 Å². The van der Waals surface area contributed by atoms with Crippen molar-refractivity contribution < 1.29 is 9.90 Å². The first kappa shape index (κ1) is 15.9. The molecule has 1 aromatic rings. The minimum absolute atomic E-state index is 0.142. The van der Waals surface area contributed by atoms with Gasteiger partial charge in [0.25, 0.3) is 0 Å². The first-order valence-electron chi connectivity index (χ1n) is 7.91. The van der Waals surface area contributed by atoms with Gasteiger partial charge in [-0.05, 0) is 50.7 Å². The molecule has 1 heterocycles. The van der Waals surface area contributed by atoms with Crippen LogP contribution in [0.25, 0.3) is 0 Å². The number of hydrogen-bond acceptors (Lipinski definition) is 2. The number of anilines is 1. The number of fused-ring (bicyclic) bond motifs is 1. The molecule has 0 saturated heterocycles. The van der Waals surface area contributed by atoms with Crippen LogP contribution in [0.2, 0.25) is 0 Å². The first-order chi connectivity index (χ1) is 9.79. The summed E-state index contributed by atoms with van der Waals surface area (Å²) in [7, 11) is 0. The SMILES string of the molecule is CCC[C@@H](C(=O)O)N1c2c(C)cccc2[C@H](C)CC1(C)C. The maximum Gasteiger partial charge on any atom is 0.326 e. The number of aryl methyl sites for hydroxylation is 1. The monoisotopic (exact) mass is 289 g/mol. The van der Waals surface area contributed by atoms with Crippen molar-refractivity contribution in [3.8, 4) is 0 Å². The Kier molecular flexibility index (Phi) is 4.31. The smallest absolute Gasteiger partial charge is 0.326 e. The van der Waals surface area contributed by atoms with Gasteiger partial charge in [0.15, 0.2) is 0 Å². The van der Waals surface area contributed by atoms with Crippen LogP contribution < -0.4 is 4.90 Å². The van der Waals surface area contributed by atoms with Gasteiger partial charge in [-0.1, -0.05) is 38.5 Å². The Bertz CT molecular complexity index is 536. The highest BCUT2D eigenvalue weighted by atomic mass is 16.4. The summed E-state index contributed by atoms with van der Waals surface area (Å²) in [5, 5.41) is 9.73. The molecule has 0 radical (unpaired) electrons. The first-order valence-corrected chi connectivity index (χ1v) is 7.91. The average molecular weight is 289 g/mol. The molecule has 2 rings (SSSR count). The Morgan fingerprint density at radius 1 is 1.48 bits per heavy atom. The molecule has 0 amide bonds. The lowest BCUT2D eigenvalue weighted by molar-refractivity contribution is -0.139. The number of aliphatic carboxylic acids is 1. The second-order valence-electron chi connectivity index (χ2n) is 6.94. The van der Waals surface area contributed by atoms with Gasteiger partial charge in [-0.25, -0.2) is 4.79 Å². The van der Waals surface area contributed by atoms with Crippen LogP contribution >= 0.6 is 0 Å². The summed E-state index contributed by atoms with van der Waals surface area (Å²) >= 11 is 0. The molecule has 3 nitrogen and oxygen atoms in total. The van der Waals surface area contributed by atoms with Gasteiger partial charge in [-0.2, -0.15) is 0 Å². The summed E-state index contributed by atoms with van der Waals surface area (Å²) in [6.45, 7) is 10.7. The van der Waals surface area contributed by atoms with Gasteiger partial charge >= 0.3 is 5.97 Å². The van der Waals surface area contributed by atoms with Gasteiger partial charge < -0.3 is 10.0 Å². The van der Waals surface area contributed by atoms with Crippen molar-refractivity contribution in [2.24, 2.45) is 0 Å². The van der Waals surface area contributed by atoms with Crippen LogP contribution in [-0.2, 0) is 4.79 Å². The van der Waals surface area contributed by atoms with E-state index in [2.05, 4.69) is 50.8 Å². The zero-order chi connectivity index (χ0) is 15.8. The van der Waals surface area contributed by atoms with Gasteiger partial charge in [0, 0.05) is 11.2 Å². The molecular formula is C18H27NO2. The van der Waals surface area contributed by atoms with E-state index >= 15 is 0 Å². The van der Waals surface area contributed by atoms with Crippen LogP contribution in [0, 0.1) is 6.92 Å². The van der Waals surface area contributed by atoms with E-state index in [0.717, 1.165) is 18.5 Å². The Hall–Kier alpha value is -1.51. The van der Waals surface area contributed by atoms with Crippen LogP contribution in [0.4, 0.5) is 5.69 Å². The Balaban J connectivity index is 2.62. The molecule has 0 saturated carbocycles. The van der Waals surface area contributed by atoms with Gasteiger partial charge in [-0.3, -0.25) is 0 Å². The normalized spacial score (nSPS) is 21.8. The van der Waals surface area contributed by atoms with E-state index in [1.165, 1.54) is 11.1 Å². The predicted octanol–water partition coefficient (Wildman–Crippen LogP) is 4.34. The topological polar surface area (TPSA) is 40.5 Å². The van der Waals surface area contributed by atoms with E-state index in [1.807, 2.05) is 6.92 Å². The molecule has 3 heteroatoms. The number of nitrogens with zero attached hydrogens (tertiary/aromatic N) is 1. The number of carboxylic acid groups (broad SMARTS) is 1. The fraction of sp³-hybridized carbons (Fsp3) is 0.611. The minimum Gasteiger partial charge on any atom is -0.480 e. The van der Waals surface area contributed by atoms with E-state index in [9.17, 15) is 9.90 Å². The molecule has 0 fully saturated rings. The largest absolute Gasteiger partial charge is 0.480 e. The van der Waals surface area contributed by atoms with E-state index in [-0.39, 0.29) is 5.54 Å². The molecule has 1 aromatic carbocycles. The van der Waals surface area contributed by atoms with Crippen LogP contribution in [0.15, 0.2) is 18.2 Å².